The van der Waals surface area contributed by atoms with Crippen molar-refractivity contribution in [2.75, 3.05) is 11.1 Å². The molecule has 0 atom stereocenters. The predicted molar refractivity (Wildman–Crippen MR) is 75.0 cm³/mol. The molecule has 0 saturated carbocycles. The summed E-state index contributed by atoms with van der Waals surface area (Å²) in [4.78, 5) is 12.0. The van der Waals surface area contributed by atoms with Gasteiger partial charge >= 0.3 is 0 Å². The average molecular weight is 279 g/mol. The Bertz CT molecular complexity index is 643. The maximum Gasteiger partial charge on any atom is 0.255 e. The number of anilines is 2. The number of rotatable bonds is 2. The molecule has 0 aliphatic rings. The number of nitrogen functional groups attached to an aromatic ring is 1. The molecule has 0 aliphatic carbocycles. The van der Waals surface area contributed by atoms with E-state index in [0.29, 0.717) is 22.0 Å². The van der Waals surface area contributed by atoms with Crippen molar-refractivity contribution in [1.82, 2.24) is 0 Å². The molecule has 2 aromatic rings. The number of nitrogens with two attached hydrogens (primary N) is 1. The van der Waals surface area contributed by atoms with Crippen LogP contribution >= 0.6 is 11.6 Å². The van der Waals surface area contributed by atoms with Crippen LogP contribution in [0, 0.1) is 12.7 Å². The molecule has 98 valence electrons. The van der Waals surface area contributed by atoms with Gasteiger partial charge in [-0.3, -0.25) is 4.79 Å². The summed E-state index contributed by atoms with van der Waals surface area (Å²) in [7, 11) is 0. The first kappa shape index (κ1) is 13.4. The summed E-state index contributed by atoms with van der Waals surface area (Å²) in [6, 6.07) is 9.04. The summed E-state index contributed by atoms with van der Waals surface area (Å²) >= 11 is 5.83. The molecule has 0 fully saturated rings. The normalized spacial score (nSPS) is 10.3. The molecule has 0 heterocycles. The van der Waals surface area contributed by atoms with Crippen LogP contribution in [0.2, 0.25) is 5.02 Å². The smallest absolute Gasteiger partial charge is 0.255 e. The Morgan fingerprint density at radius 3 is 2.68 bits per heavy atom. The number of hydrogen-bond donors (Lipinski definition) is 2. The molecule has 1 amide bonds. The minimum Gasteiger partial charge on any atom is -0.397 e. The van der Waals surface area contributed by atoms with E-state index in [4.69, 9.17) is 17.3 Å². The van der Waals surface area contributed by atoms with Crippen molar-refractivity contribution in [2.45, 2.75) is 6.92 Å². The molecule has 3 nitrogen and oxygen atoms in total. The second kappa shape index (κ2) is 5.28. The lowest BCUT2D eigenvalue weighted by Crippen LogP contribution is -2.13. The van der Waals surface area contributed by atoms with Crippen molar-refractivity contribution in [3.05, 3.63) is 58.4 Å². The van der Waals surface area contributed by atoms with Gasteiger partial charge in [-0.2, -0.15) is 0 Å². The van der Waals surface area contributed by atoms with E-state index in [0.717, 1.165) is 0 Å². The Kier molecular flexibility index (Phi) is 3.71. The second-order valence-corrected chi connectivity index (χ2v) is 4.59. The first-order valence-corrected chi connectivity index (χ1v) is 5.97. The fourth-order valence-electron chi connectivity index (χ4n) is 1.57. The highest BCUT2D eigenvalue weighted by Gasteiger charge is 2.10. The largest absolute Gasteiger partial charge is 0.397 e. The lowest BCUT2D eigenvalue weighted by atomic mass is 10.1. The van der Waals surface area contributed by atoms with E-state index >= 15 is 0 Å². The zero-order chi connectivity index (χ0) is 14.0. The SMILES string of the molecule is Cc1ccc(C(=O)Nc2cc(Cl)ccc2N)cc1F. The Balaban J connectivity index is 2.25. The molecule has 19 heavy (non-hydrogen) atoms. The van der Waals surface area contributed by atoms with E-state index in [1.165, 1.54) is 6.07 Å². The molecule has 0 unspecified atom stereocenters. The molecule has 5 heteroatoms. The fourth-order valence-corrected chi connectivity index (χ4v) is 1.74. The van der Waals surface area contributed by atoms with Gasteiger partial charge in [0.05, 0.1) is 11.4 Å². The van der Waals surface area contributed by atoms with Crippen LogP contribution in [0.5, 0.6) is 0 Å². The average Bonchev–Trinajstić information content (AvgIpc) is 2.37. The minimum absolute atomic E-state index is 0.225. The standard InChI is InChI=1S/C14H12ClFN2O/c1-8-2-3-9(6-11(8)16)14(19)18-13-7-10(15)4-5-12(13)17/h2-7H,17H2,1H3,(H,18,19). The second-order valence-electron chi connectivity index (χ2n) is 4.15. The van der Waals surface area contributed by atoms with Crippen LogP contribution < -0.4 is 11.1 Å². The van der Waals surface area contributed by atoms with Crippen LogP contribution in [0.25, 0.3) is 0 Å². The van der Waals surface area contributed by atoms with Gasteiger partial charge in [0.15, 0.2) is 0 Å². The van der Waals surface area contributed by atoms with Crippen LogP contribution in [0.4, 0.5) is 15.8 Å². The van der Waals surface area contributed by atoms with Crippen molar-refractivity contribution in [3.8, 4) is 0 Å². The third-order valence-electron chi connectivity index (χ3n) is 2.70. The quantitative estimate of drug-likeness (QED) is 0.824. The van der Waals surface area contributed by atoms with Gasteiger partial charge in [-0.25, -0.2) is 4.39 Å². The van der Waals surface area contributed by atoms with Crippen molar-refractivity contribution in [3.63, 3.8) is 0 Å². The summed E-state index contributed by atoms with van der Waals surface area (Å²) in [5.74, 6) is -0.861. The number of amides is 1. The van der Waals surface area contributed by atoms with Gasteiger partial charge in [0.25, 0.3) is 5.91 Å². The summed E-state index contributed by atoms with van der Waals surface area (Å²) < 4.78 is 13.4. The van der Waals surface area contributed by atoms with Crippen LogP contribution in [-0.4, -0.2) is 5.91 Å². The zero-order valence-electron chi connectivity index (χ0n) is 10.2. The van der Waals surface area contributed by atoms with Gasteiger partial charge in [-0.15, -0.1) is 0 Å². The molecule has 0 spiro atoms. The first-order chi connectivity index (χ1) is 8.97. The number of benzene rings is 2. The molecule has 0 bridgehead atoms. The molecule has 0 saturated heterocycles. The molecule has 0 aromatic heterocycles. The summed E-state index contributed by atoms with van der Waals surface area (Å²) in [6.07, 6.45) is 0. The van der Waals surface area contributed by atoms with Crippen LogP contribution in [0.1, 0.15) is 15.9 Å². The lowest BCUT2D eigenvalue weighted by molar-refractivity contribution is 0.102. The van der Waals surface area contributed by atoms with Crippen molar-refractivity contribution in [2.24, 2.45) is 0 Å². The maximum atomic E-state index is 13.4. The fraction of sp³-hybridized carbons (Fsp3) is 0.0714. The number of halogens is 2. The van der Waals surface area contributed by atoms with Crippen LogP contribution in [0.3, 0.4) is 0 Å². The van der Waals surface area contributed by atoms with Crippen LogP contribution in [0.15, 0.2) is 36.4 Å². The van der Waals surface area contributed by atoms with Crippen molar-refractivity contribution >= 4 is 28.9 Å². The van der Waals surface area contributed by atoms with Crippen molar-refractivity contribution < 1.29 is 9.18 Å². The summed E-state index contributed by atoms with van der Waals surface area (Å²) in [6.45, 7) is 1.63. The van der Waals surface area contributed by atoms with E-state index in [-0.39, 0.29) is 5.56 Å². The third-order valence-corrected chi connectivity index (χ3v) is 2.93. The summed E-state index contributed by atoms with van der Waals surface area (Å²) in [5.41, 5.74) is 7.23. The molecular weight excluding hydrogens is 267 g/mol. The Labute approximate surface area is 115 Å². The monoisotopic (exact) mass is 278 g/mol. The van der Waals surface area contributed by atoms with Gasteiger partial charge in [0, 0.05) is 10.6 Å². The minimum atomic E-state index is -0.437. The number of hydrogen-bond acceptors (Lipinski definition) is 2. The van der Waals surface area contributed by atoms with E-state index in [1.807, 2.05) is 0 Å². The number of carbonyl (C=O) groups excluding carboxylic acids is 1. The highest BCUT2D eigenvalue weighted by Crippen LogP contribution is 2.23. The number of carbonyl (C=O) groups is 1. The molecule has 2 rings (SSSR count). The van der Waals surface area contributed by atoms with E-state index in [9.17, 15) is 9.18 Å². The first-order valence-electron chi connectivity index (χ1n) is 5.60. The Hall–Kier alpha value is -2.07. The van der Waals surface area contributed by atoms with Gasteiger partial charge in [0.2, 0.25) is 0 Å². The van der Waals surface area contributed by atoms with E-state index < -0.39 is 11.7 Å². The number of nitrogens with one attached hydrogen (secondary N) is 1. The summed E-state index contributed by atoms with van der Waals surface area (Å²) in [5, 5.41) is 3.06. The van der Waals surface area contributed by atoms with Crippen molar-refractivity contribution in [1.29, 1.82) is 0 Å². The number of aryl methyl sites for hydroxylation is 1. The predicted octanol–water partition coefficient (Wildman–Crippen LogP) is 3.62. The maximum absolute atomic E-state index is 13.4. The van der Waals surface area contributed by atoms with Gasteiger partial charge in [-0.1, -0.05) is 17.7 Å². The van der Waals surface area contributed by atoms with E-state index in [1.54, 1.807) is 37.3 Å². The zero-order valence-corrected chi connectivity index (χ0v) is 11.0. The van der Waals surface area contributed by atoms with Crippen LogP contribution in [-0.2, 0) is 0 Å². The highest BCUT2D eigenvalue weighted by atomic mass is 35.5. The molecule has 3 N–H and O–H groups in total. The van der Waals surface area contributed by atoms with E-state index in [2.05, 4.69) is 5.32 Å². The molecule has 0 radical (unpaired) electrons. The Morgan fingerprint density at radius 1 is 1.26 bits per heavy atom. The lowest BCUT2D eigenvalue weighted by Gasteiger charge is -2.09. The van der Waals surface area contributed by atoms with Gasteiger partial charge in [0.1, 0.15) is 5.82 Å². The molecular formula is C14H12ClFN2O. The molecule has 0 aliphatic heterocycles. The molecule has 2 aromatic carbocycles. The topological polar surface area (TPSA) is 55.1 Å². The Morgan fingerprint density at radius 2 is 2.00 bits per heavy atom. The van der Waals surface area contributed by atoms with Gasteiger partial charge in [-0.05, 0) is 42.8 Å². The van der Waals surface area contributed by atoms with Gasteiger partial charge < -0.3 is 11.1 Å². The third kappa shape index (κ3) is 3.03. The highest BCUT2D eigenvalue weighted by molar-refractivity contribution is 6.31.